The van der Waals surface area contributed by atoms with Gasteiger partial charge in [0.05, 0.1) is 5.39 Å². The van der Waals surface area contributed by atoms with E-state index in [9.17, 15) is 14.4 Å². The molecule has 2 heterocycles. The highest BCUT2D eigenvalue weighted by Crippen LogP contribution is 2.20. The van der Waals surface area contributed by atoms with Crippen LogP contribution in [0.25, 0.3) is 11.0 Å². The van der Waals surface area contributed by atoms with Gasteiger partial charge in [-0.1, -0.05) is 0 Å². The third kappa shape index (κ3) is 7.16. The van der Waals surface area contributed by atoms with E-state index in [4.69, 9.17) is 4.74 Å². The van der Waals surface area contributed by atoms with Gasteiger partial charge < -0.3 is 26.0 Å². The molecule has 186 valence electrons. The van der Waals surface area contributed by atoms with E-state index in [2.05, 4.69) is 31.2 Å². The van der Waals surface area contributed by atoms with Crippen molar-refractivity contribution in [2.24, 2.45) is 0 Å². The maximum absolute atomic E-state index is 12.7. The van der Waals surface area contributed by atoms with Crippen LogP contribution in [0.5, 0.6) is 0 Å². The molecule has 35 heavy (non-hydrogen) atoms. The molecule has 11 nitrogen and oxygen atoms in total. The number of fused-ring (bicyclic) bond motifs is 1. The molecule has 3 aromatic rings. The summed E-state index contributed by atoms with van der Waals surface area (Å²) in [6.45, 7) is 6.37. The van der Waals surface area contributed by atoms with Crippen LogP contribution in [0.3, 0.4) is 0 Å². The zero-order chi connectivity index (χ0) is 25.4. The molecule has 2 aromatic heterocycles. The quantitative estimate of drug-likeness (QED) is 0.361. The number of carbonyl (C=O) groups is 3. The largest absolute Gasteiger partial charge is 0.444 e. The molecule has 0 aliphatic heterocycles. The zero-order valence-electron chi connectivity index (χ0n) is 20.3. The van der Waals surface area contributed by atoms with Crippen LogP contribution >= 0.6 is 0 Å². The molecule has 3 amide bonds. The Morgan fingerprint density at radius 3 is 2.31 bits per heavy atom. The van der Waals surface area contributed by atoms with Gasteiger partial charge in [0.25, 0.3) is 5.91 Å². The fourth-order valence-corrected chi connectivity index (χ4v) is 3.26. The number of carbonyl (C=O) groups excluding carboxylic acids is 3. The first kappa shape index (κ1) is 25.5. The number of anilines is 2. The minimum absolute atomic E-state index is 0.212. The fraction of sp³-hybridized carbons (Fsp3) is 0.375. The Balaban J connectivity index is 1.44. The van der Waals surface area contributed by atoms with E-state index in [1.54, 1.807) is 43.6 Å². The average Bonchev–Trinajstić information content (AvgIpc) is 3.25. The van der Waals surface area contributed by atoms with Crippen LogP contribution in [0.2, 0.25) is 0 Å². The zero-order valence-corrected chi connectivity index (χ0v) is 20.3. The lowest BCUT2D eigenvalue weighted by atomic mass is 10.2. The topological polar surface area (TPSA) is 139 Å². The number of unbranched alkanes of at least 4 members (excludes halogenated alkanes) is 1. The van der Waals surface area contributed by atoms with Crippen LogP contribution in [-0.2, 0) is 4.74 Å². The third-order valence-electron chi connectivity index (χ3n) is 4.89. The van der Waals surface area contributed by atoms with Gasteiger partial charge in [-0.3, -0.25) is 9.36 Å². The number of nitrogens with zero attached hydrogens (tertiary/aromatic N) is 3. The molecule has 0 spiro atoms. The van der Waals surface area contributed by atoms with Crippen LogP contribution in [0.1, 0.15) is 44.0 Å². The van der Waals surface area contributed by atoms with E-state index in [1.807, 2.05) is 20.8 Å². The lowest BCUT2D eigenvalue weighted by molar-refractivity contribution is 0.0526. The molecular weight excluding hydrogens is 450 g/mol. The Bertz CT molecular complexity index is 1180. The highest BCUT2D eigenvalue weighted by molar-refractivity contribution is 6.00. The molecule has 0 saturated heterocycles. The molecule has 0 fully saturated rings. The summed E-state index contributed by atoms with van der Waals surface area (Å²) in [6.07, 6.45) is 3.98. The summed E-state index contributed by atoms with van der Waals surface area (Å²) in [4.78, 5) is 45.0. The summed E-state index contributed by atoms with van der Waals surface area (Å²) < 4.78 is 6.57. The van der Waals surface area contributed by atoms with Gasteiger partial charge in [0.1, 0.15) is 17.7 Å². The van der Waals surface area contributed by atoms with Crippen LogP contribution < -0.4 is 21.3 Å². The van der Waals surface area contributed by atoms with Crippen LogP contribution in [0, 0.1) is 0 Å². The number of ether oxygens (including phenoxy) is 1. The van der Waals surface area contributed by atoms with Crippen molar-refractivity contribution in [3.63, 3.8) is 0 Å². The van der Waals surface area contributed by atoms with Gasteiger partial charge in [0.2, 0.25) is 0 Å². The number of rotatable bonds is 8. The number of hydrogen-bond donors (Lipinski definition) is 4. The number of benzene rings is 1. The van der Waals surface area contributed by atoms with Gasteiger partial charge in [-0.25, -0.2) is 19.6 Å². The predicted molar refractivity (Wildman–Crippen MR) is 134 cm³/mol. The Hall–Kier alpha value is -4.15. The van der Waals surface area contributed by atoms with Crippen molar-refractivity contribution < 1.29 is 19.1 Å². The maximum atomic E-state index is 12.7. The molecule has 0 saturated carbocycles. The molecule has 3 rings (SSSR count). The van der Waals surface area contributed by atoms with Crippen molar-refractivity contribution >= 4 is 40.6 Å². The predicted octanol–water partition coefficient (Wildman–Crippen LogP) is 3.59. The molecule has 11 heteroatoms. The van der Waals surface area contributed by atoms with Gasteiger partial charge in [-0.15, -0.1) is 0 Å². The average molecular weight is 482 g/mol. The van der Waals surface area contributed by atoms with Crippen molar-refractivity contribution in [1.82, 2.24) is 25.2 Å². The molecule has 0 aliphatic rings. The molecule has 4 N–H and O–H groups in total. The Kier molecular flexibility index (Phi) is 8.24. The first-order valence-electron chi connectivity index (χ1n) is 11.3. The molecule has 0 atom stereocenters. The summed E-state index contributed by atoms with van der Waals surface area (Å²) in [5, 5.41) is 12.0. The smallest absolute Gasteiger partial charge is 0.407 e. The third-order valence-corrected chi connectivity index (χ3v) is 4.89. The van der Waals surface area contributed by atoms with Gasteiger partial charge in [0, 0.05) is 37.6 Å². The lowest BCUT2D eigenvalue weighted by Crippen LogP contribution is -2.33. The number of hydrogen-bond acceptors (Lipinski definition) is 7. The molecule has 1 aromatic carbocycles. The van der Waals surface area contributed by atoms with Crippen LogP contribution in [-0.4, -0.2) is 58.3 Å². The van der Waals surface area contributed by atoms with Crippen LogP contribution in [0.4, 0.5) is 21.1 Å². The number of amides is 3. The first-order chi connectivity index (χ1) is 16.7. The van der Waals surface area contributed by atoms with E-state index in [-0.39, 0.29) is 11.9 Å². The molecule has 0 bridgehead atoms. The van der Waals surface area contributed by atoms with Crippen molar-refractivity contribution in [1.29, 1.82) is 0 Å². The fourth-order valence-electron chi connectivity index (χ4n) is 3.26. The summed E-state index contributed by atoms with van der Waals surface area (Å²) >= 11 is 0. The maximum Gasteiger partial charge on any atom is 0.407 e. The molecular formula is C24H31N7O4. The second kappa shape index (κ2) is 11.3. The Morgan fingerprint density at radius 2 is 1.66 bits per heavy atom. The van der Waals surface area contributed by atoms with Gasteiger partial charge in [-0.2, -0.15) is 0 Å². The van der Waals surface area contributed by atoms with Crippen molar-refractivity contribution in [3.05, 3.63) is 48.4 Å². The summed E-state index contributed by atoms with van der Waals surface area (Å²) in [5.74, 6) is 0.423. The van der Waals surface area contributed by atoms with E-state index in [0.717, 1.165) is 5.39 Å². The van der Waals surface area contributed by atoms with Gasteiger partial charge >= 0.3 is 12.1 Å². The minimum Gasteiger partial charge on any atom is -0.444 e. The van der Waals surface area contributed by atoms with E-state index in [1.165, 1.54) is 10.9 Å². The van der Waals surface area contributed by atoms with Crippen molar-refractivity contribution in [3.8, 4) is 0 Å². The number of aromatic nitrogens is 3. The Morgan fingerprint density at radius 1 is 0.971 bits per heavy atom. The van der Waals surface area contributed by atoms with Crippen LogP contribution in [0.15, 0.2) is 42.9 Å². The summed E-state index contributed by atoms with van der Waals surface area (Å²) in [5.41, 5.74) is 0.981. The second-order valence-electron chi connectivity index (χ2n) is 8.79. The minimum atomic E-state index is -0.529. The summed E-state index contributed by atoms with van der Waals surface area (Å²) in [6, 6.07) is 8.00. The molecule has 0 radical (unpaired) electrons. The summed E-state index contributed by atoms with van der Waals surface area (Å²) in [7, 11) is 1.75. The number of nitrogens with one attached hydrogen (secondary N) is 4. The van der Waals surface area contributed by atoms with E-state index < -0.39 is 11.7 Å². The Labute approximate surface area is 203 Å². The highest BCUT2D eigenvalue weighted by Gasteiger charge is 2.16. The van der Waals surface area contributed by atoms with E-state index >= 15 is 0 Å². The van der Waals surface area contributed by atoms with Crippen molar-refractivity contribution in [2.45, 2.75) is 39.2 Å². The standard InChI is InChI=1S/C24H31N7O4/c1-24(2,3)35-23(34)27-13-6-5-12-26-21(32)16-7-9-17(10-8-16)30-22(33)31-14-11-18-19(25-4)28-15-29-20(18)31/h7-11,14-15H,5-6,12-13H2,1-4H3,(H,26,32)(H,27,34)(H,30,33)(H,25,28,29). The SMILES string of the molecule is CNc1ncnc2c1ccn2C(=O)Nc1ccc(C(=O)NCCCCNC(=O)OC(C)(C)C)cc1. The lowest BCUT2D eigenvalue weighted by Gasteiger charge is -2.19. The highest BCUT2D eigenvalue weighted by atomic mass is 16.6. The second-order valence-corrected chi connectivity index (χ2v) is 8.79. The number of alkyl carbamates (subject to hydrolysis) is 1. The monoisotopic (exact) mass is 481 g/mol. The normalized spacial score (nSPS) is 11.1. The first-order valence-corrected chi connectivity index (χ1v) is 11.3. The van der Waals surface area contributed by atoms with Gasteiger partial charge in [0.15, 0.2) is 5.65 Å². The molecule has 0 aliphatic carbocycles. The van der Waals surface area contributed by atoms with Gasteiger partial charge in [-0.05, 0) is 63.9 Å². The van der Waals surface area contributed by atoms with E-state index in [0.29, 0.717) is 48.6 Å². The van der Waals surface area contributed by atoms with Crippen molar-refractivity contribution in [2.75, 3.05) is 30.8 Å². The molecule has 0 unspecified atom stereocenters.